The van der Waals surface area contributed by atoms with Gasteiger partial charge in [0.1, 0.15) is 0 Å². The van der Waals surface area contributed by atoms with Gasteiger partial charge in [-0.2, -0.15) is 0 Å². The first kappa shape index (κ1) is 16.1. The summed E-state index contributed by atoms with van der Waals surface area (Å²) in [5.74, 6) is 0.564. The number of halogens is 1. The minimum absolute atomic E-state index is 0.173. The Morgan fingerprint density at radius 2 is 2.09 bits per heavy atom. The molecule has 0 saturated heterocycles. The molecule has 2 rings (SSSR count). The number of hydrogen-bond acceptors (Lipinski definition) is 4. The molecule has 1 aromatic heterocycles. The van der Waals surface area contributed by atoms with Crippen molar-refractivity contribution in [2.24, 2.45) is 0 Å². The number of aromatic nitrogens is 1. The van der Waals surface area contributed by atoms with E-state index in [1.807, 2.05) is 19.1 Å². The number of nitrogens with zero attached hydrogens (tertiary/aromatic N) is 1. The van der Waals surface area contributed by atoms with Crippen LogP contribution in [0.25, 0.3) is 0 Å². The van der Waals surface area contributed by atoms with Crippen LogP contribution in [0, 0.1) is 0 Å². The van der Waals surface area contributed by atoms with Crippen molar-refractivity contribution in [3.8, 4) is 11.5 Å². The molecule has 2 aromatic rings. The zero-order chi connectivity index (χ0) is 16.1. The first-order valence-electron chi connectivity index (χ1n) is 6.69. The lowest BCUT2D eigenvalue weighted by molar-refractivity contribution is 0.0939. The third-order valence-corrected chi connectivity index (χ3v) is 3.51. The van der Waals surface area contributed by atoms with E-state index in [2.05, 4.69) is 10.3 Å². The molecule has 5 nitrogen and oxygen atoms in total. The highest BCUT2D eigenvalue weighted by atomic mass is 35.5. The summed E-state index contributed by atoms with van der Waals surface area (Å²) in [6.45, 7) is 1.89. The largest absolute Gasteiger partial charge is 0.493 e. The molecule has 0 radical (unpaired) electrons. The SMILES string of the molecule is COc1cc(C(=O)N[C@@H](C)c2cccnc2)cc(Cl)c1OC. The lowest BCUT2D eigenvalue weighted by Gasteiger charge is -2.15. The molecule has 0 bridgehead atoms. The fourth-order valence-corrected chi connectivity index (χ4v) is 2.33. The van der Waals surface area contributed by atoms with Crippen LogP contribution in [-0.4, -0.2) is 25.1 Å². The van der Waals surface area contributed by atoms with Crippen molar-refractivity contribution in [2.75, 3.05) is 14.2 Å². The predicted octanol–water partition coefficient (Wildman–Crippen LogP) is 3.24. The van der Waals surface area contributed by atoms with Gasteiger partial charge in [0.25, 0.3) is 5.91 Å². The summed E-state index contributed by atoms with van der Waals surface area (Å²) >= 11 is 6.12. The van der Waals surface area contributed by atoms with E-state index in [0.29, 0.717) is 22.1 Å². The van der Waals surface area contributed by atoms with E-state index in [1.54, 1.807) is 24.5 Å². The first-order valence-corrected chi connectivity index (χ1v) is 7.07. The monoisotopic (exact) mass is 320 g/mol. The zero-order valence-electron chi connectivity index (χ0n) is 12.6. The third-order valence-electron chi connectivity index (χ3n) is 3.23. The summed E-state index contributed by atoms with van der Waals surface area (Å²) < 4.78 is 10.4. The van der Waals surface area contributed by atoms with Crippen LogP contribution in [-0.2, 0) is 0 Å². The molecule has 22 heavy (non-hydrogen) atoms. The van der Waals surface area contributed by atoms with Crippen LogP contribution in [0.15, 0.2) is 36.7 Å². The van der Waals surface area contributed by atoms with E-state index in [0.717, 1.165) is 5.56 Å². The van der Waals surface area contributed by atoms with E-state index in [4.69, 9.17) is 21.1 Å². The van der Waals surface area contributed by atoms with Crippen molar-refractivity contribution < 1.29 is 14.3 Å². The Balaban J connectivity index is 2.21. The first-order chi connectivity index (χ1) is 10.6. The van der Waals surface area contributed by atoms with Crippen molar-refractivity contribution in [1.82, 2.24) is 10.3 Å². The fourth-order valence-electron chi connectivity index (χ4n) is 2.04. The topological polar surface area (TPSA) is 60.5 Å². The van der Waals surface area contributed by atoms with Gasteiger partial charge >= 0.3 is 0 Å². The minimum Gasteiger partial charge on any atom is -0.493 e. The van der Waals surface area contributed by atoms with E-state index in [9.17, 15) is 4.79 Å². The van der Waals surface area contributed by atoms with Crippen LogP contribution in [0.4, 0.5) is 0 Å². The Labute approximate surface area is 134 Å². The summed E-state index contributed by atoms with van der Waals surface area (Å²) in [4.78, 5) is 16.4. The highest BCUT2D eigenvalue weighted by Gasteiger charge is 2.17. The van der Waals surface area contributed by atoms with Crippen LogP contribution >= 0.6 is 11.6 Å². The molecule has 0 aliphatic carbocycles. The molecule has 1 aromatic carbocycles. The molecule has 1 amide bonds. The van der Waals surface area contributed by atoms with Crippen molar-refractivity contribution in [1.29, 1.82) is 0 Å². The minimum atomic E-state index is -0.251. The lowest BCUT2D eigenvalue weighted by atomic mass is 10.1. The van der Waals surface area contributed by atoms with Gasteiger partial charge in [-0.05, 0) is 30.7 Å². The van der Waals surface area contributed by atoms with Gasteiger partial charge in [-0.3, -0.25) is 9.78 Å². The number of carbonyl (C=O) groups is 1. The number of amides is 1. The van der Waals surface area contributed by atoms with Crippen LogP contribution in [0.5, 0.6) is 11.5 Å². The number of carbonyl (C=O) groups excluding carboxylic acids is 1. The van der Waals surface area contributed by atoms with Gasteiger partial charge in [-0.25, -0.2) is 0 Å². The second kappa shape index (κ2) is 7.13. The molecule has 0 unspecified atom stereocenters. The maximum atomic E-state index is 12.4. The molecule has 0 fully saturated rings. The Hall–Kier alpha value is -2.27. The maximum Gasteiger partial charge on any atom is 0.251 e. The molecular weight excluding hydrogens is 304 g/mol. The fraction of sp³-hybridized carbons (Fsp3) is 0.250. The number of nitrogens with one attached hydrogen (secondary N) is 1. The van der Waals surface area contributed by atoms with Gasteiger partial charge in [0, 0.05) is 18.0 Å². The number of pyridine rings is 1. The lowest BCUT2D eigenvalue weighted by Crippen LogP contribution is -2.26. The maximum absolute atomic E-state index is 12.4. The van der Waals surface area contributed by atoms with Crippen LogP contribution in [0.1, 0.15) is 28.9 Å². The van der Waals surface area contributed by atoms with Gasteiger partial charge in [0.05, 0.1) is 25.3 Å². The molecule has 116 valence electrons. The quantitative estimate of drug-likeness (QED) is 0.918. The van der Waals surface area contributed by atoms with E-state index in [1.165, 1.54) is 14.2 Å². The van der Waals surface area contributed by atoms with Gasteiger partial charge in [-0.1, -0.05) is 17.7 Å². The van der Waals surface area contributed by atoms with E-state index in [-0.39, 0.29) is 11.9 Å². The molecule has 0 spiro atoms. The molecule has 1 heterocycles. The molecule has 6 heteroatoms. The van der Waals surface area contributed by atoms with Crippen molar-refractivity contribution in [2.45, 2.75) is 13.0 Å². The van der Waals surface area contributed by atoms with Crippen LogP contribution < -0.4 is 14.8 Å². The van der Waals surface area contributed by atoms with E-state index < -0.39 is 0 Å². The molecule has 0 saturated carbocycles. The van der Waals surface area contributed by atoms with Gasteiger partial charge in [0.15, 0.2) is 11.5 Å². The molecule has 1 N–H and O–H groups in total. The Bertz CT molecular complexity index is 662. The highest BCUT2D eigenvalue weighted by molar-refractivity contribution is 6.32. The Morgan fingerprint density at radius 3 is 2.68 bits per heavy atom. The Morgan fingerprint density at radius 1 is 1.32 bits per heavy atom. The van der Waals surface area contributed by atoms with Crippen molar-refractivity contribution in [3.63, 3.8) is 0 Å². The number of ether oxygens (including phenoxy) is 2. The van der Waals surface area contributed by atoms with Gasteiger partial charge in [0.2, 0.25) is 0 Å². The van der Waals surface area contributed by atoms with E-state index >= 15 is 0 Å². The molecule has 0 aliphatic heterocycles. The summed E-state index contributed by atoms with van der Waals surface area (Å²) in [6, 6.07) is 6.70. The summed E-state index contributed by atoms with van der Waals surface area (Å²) in [7, 11) is 2.99. The highest BCUT2D eigenvalue weighted by Crippen LogP contribution is 2.36. The zero-order valence-corrected chi connectivity index (χ0v) is 13.3. The van der Waals surface area contributed by atoms with Crippen molar-refractivity contribution in [3.05, 3.63) is 52.8 Å². The summed E-state index contributed by atoms with van der Waals surface area (Å²) in [5.41, 5.74) is 1.32. The number of hydrogen-bond donors (Lipinski definition) is 1. The number of benzene rings is 1. The standard InChI is InChI=1S/C16H17ClN2O3/c1-10(11-5-4-6-18-9-11)19-16(20)12-7-13(17)15(22-3)14(8-12)21-2/h4-10H,1-3H3,(H,19,20)/t10-/m0/s1. The molecular formula is C16H17ClN2O3. The normalized spacial score (nSPS) is 11.6. The van der Waals surface area contributed by atoms with Gasteiger partial charge in [-0.15, -0.1) is 0 Å². The average molecular weight is 321 g/mol. The third kappa shape index (κ3) is 3.49. The second-order valence-corrected chi connectivity index (χ2v) is 5.08. The Kier molecular flexibility index (Phi) is 5.22. The van der Waals surface area contributed by atoms with Crippen molar-refractivity contribution >= 4 is 17.5 Å². The van der Waals surface area contributed by atoms with Crippen LogP contribution in [0.2, 0.25) is 5.02 Å². The van der Waals surface area contributed by atoms with Gasteiger partial charge < -0.3 is 14.8 Å². The molecule has 0 aliphatic rings. The van der Waals surface area contributed by atoms with Crippen LogP contribution in [0.3, 0.4) is 0 Å². The number of methoxy groups -OCH3 is 2. The molecule has 1 atom stereocenters. The smallest absolute Gasteiger partial charge is 0.251 e. The summed E-state index contributed by atoms with van der Waals surface area (Å²) in [5, 5.41) is 3.21. The predicted molar refractivity (Wildman–Crippen MR) is 84.7 cm³/mol. The number of rotatable bonds is 5. The average Bonchev–Trinajstić information content (AvgIpc) is 2.54. The second-order valence-electron chi connectivity index (χ2n) is 4.68. The summed E-state index contributed by atoms with van der Waals surface area (Å²) in [6.07, 6.45) is 3.40.